The number of para-hydroxylation sites is 2. The van der Waals surface area contributed by atoms with Gasteiger partial charge in [-0.05, 0) is 48.2 Å². The van der Waals surface area contributed by atoms with Crippen molar-refractivity contribution in [3.8, 4) is 0 Å². The highest BCUT2D eigenvalue weighted by Crippen LogP contribution is 2.42. The van der Waals surface area contributed by atoms with Crippen LogP contribution in [-0.4, -0.2) is 27.7 Å². The van der Waals surface area contributed by atoms with Gasteiger partial charge < -0.3 is 9.80 Å². The number of nitrogens with zero attached hydrogens (tertiary/aromatic N) is 4. The zero-order valence-electron chi connectivity index (χ0n) is 22.8. The number of carbonyl (C=O) groups excluding carboxylic acids is 2. The van der Waals surface area contributed by atoms with Crippen molar-refractivity contribution in [3.63, 3.8) is 0 Å². The zero-order valence-corrected chi connectivity index (χ0v) is 22.8. The van der Waals surface area contributed by atoms with Gasteiger partial charge in [-0.3, -0.25) is 29.8 Å². The van der Waals surface area contributed by atoms with Crippen LogP contribution in [0, 0.1) is 20.2 Å². The molecule has 0 saturated carbocycles. The summed E-state index contributed by atoms with van der Waals surface area (Å²) >= 11 is 0. The third kappa shape index (κ3) is 5.87. The van der Waals surface area contributed by atoms with Crippen molar-refractivity contribution in [2.45, 2.75) is 38.3 Å². The minimum absolute atomic E-state index is 0.0369. The molecule has 0 saturated heterocycles. The van der Waals surface area contributed by atoms with Crippen LogP contribution >= 0.6 is 0 Å². The summed E-state index contributed by atoms with van der Waals surface area (Å²) in [5.41, 5.74) is 3.49. The first kappa shape index (κ1) is 28.2. The van der Waals surface area contributed by atoms with Gasteiger partial charge in [-0.15, -0.1) is 0 Å². The Morgan fingerprint density at radius 2 is 1.29 bits per heavy atom. The second-order valence-electron chi connectivity index (χ2n) is 10.2. The summed E-state index contributed by atoms with van der Waals surface area (Å²) in [5, 5.41) is 22.1. The predicted molar refractivity (Wildman–Crippen MR) is 158 cm³/mol. The number of rotatable bonds is 8. The van der Waals surface area contributed by atoms with Gasteiger partial charge in [0.1, 0.15) is 0 Å². The van der Waals surface area contributed by atoms with Crippen LogP contribution in [0.5, 0.6) is 0 Å². The fourth-order valence-corrected chi connectivity index (χ4v) is 5.48. The van der Waals surface area contributed by atoms with Gasteiger partial charge in [-0.2, -0.15) is 0 Å². The Morgan fingerprint density at radius 1 is 0.762 bits per heavy atom. The van der Waals surface area contributed by atoms with Crippen LogP contribution in [0.15, 0.2) is 103 Å². The summed E-state index contributed by atoms with van der Waals surface area (Å²) in [4.78, 5) is 52.2. The first-order valence-electron chi connectivity index (χ1n) is 13.5. The van der Waals surface area contributed by atoms with Crippen LogP contribution in [0.3, 0.4) is 0 Å². The first-order chi connectivity index (χ1) is 20.2. The number of non-ortho nitro benzene ring substituents is 2. The van der Waals surface area contributed by atoms with Crippen molar-refractivity contribution in [2.24, 2.45) is 0 Å². The number of benzene rings is 4. The van der Waals surface area contributed by atoms with E-state index in [0.717, 1.165) is 5.56 Å². The number of hydrogen-bond donors (Lipinski definition) is 0. The van der Waals surface area contributed by atoms with Gasteiger partial charge in [0.25, 0.3) is 11.4 Å². The second kappa shape index (κ2) is 12.0. The van der Waals surface area contributed by atoms with E-state index in [0.29, 0.717) is 28.9 Å². The van der Waals surface area contributed by atoms with Crippen molar-refractivity contribution in [2.75, 3.05) is 9.80 Å². The van der Waals surface area contributed by atoms with Crippen molar-refractivity contribution in [3.05, 3.63) is 140 Å². The molecule has 0 bridgehead atoms. The highest BCUT2D eigenvalue weighted by atomic mass is 16.6. The SMILES string of the molecule is C[C@@H]1C[C@@H](N(C(=O)Cc2ccc([N+](=O)[O-])cc2)c2ccccc2)c2ccccc2N1C(=O)Cc1ccc([N+](=O)[O-])cc1. The molecule has 0 spiro atoms. The smallest absolute Gasteiger partial charge is 0.269 e. The Morgan fingerprint density at radius 3 is 1.86 bits per heavy atom. The number of nitro groups is 2. The molecule has 0 fully saturated rings. The molecule has 5 rings (SSSR count). The van der Waals surface area contributed by atoms with Gasteiger partial charge in [0.15, 0.2) is 0 Å². The topological polar surface area (TPSA) is 127 Å². The standard InChI is InChI=1S/C32H28N4O6/c1-22-19-30(34(25-7-3-2-4-8-25)32(38)21-24-13-17-27(18-14-24)36(41)42)28-9-5-6-10-29(28)33(22)31(37)20-23-11-15-26(16-12-23)35(39)40/h2-18,22,30H,19-21H2,1H3/t22-,30-/m1/s1. The first-order valence-corrected chi connectivity index (χ1v) is 13.5. The summed E-state index contributed by atoms with van der Waals surface area (Å²) in [5.74, 6) is -0.321. The molecule has 1 heterocycles. The van der Waals surface area contributed by atoms with Crippen LogP contribution in [0.1, 0.15) is 36.1 Å². The summed E-state index contributed by atoms with van der Waals surface area (Å²) in [7, 11) is 0. The van der Waals surface area contributed by atoms with E-state index in [9.17, 15) is 29.8 Å². The van der Waals surface area contributed by atoms with Crippen LogP contribution in [0.4, 0.5) is 22.7 Å². The molecule has 0 unspecified atom stereocenters. The third-order valence-electron chi connectivity index (χ3n) is 7.45. The minimum atomic E-state index is -0.476. The maximum absolute atomic E-state index is 13.9. The maximum atomic E-state index is 13.9. The van der Waals surface area contributed by atoms with Gasteiger partial charge in [0.2, 0.25) is 11.8 Å². The summed E-state index contributed by atoms with van der Waals surface area (Å²) < 4.78 is 0. The highest BCUT2D eigenvalue weighted by Gasteiger charge is 2.38. The van der Waals surface area contributed by atoms with E-state index in [2.05, 4.69) is 0 Å². The molecule has 0 aliphatic carbocycles. The molecule has 1 aliphatic heterocycles. The summed E-state index contributed by atoms with van der Waals surface area (Å²) in [6.45, 7) is 1.95. The van der Waals surface area contributed by atoms with Crippen LogP contribution in [-0.2, 0) is 22.4 Å². The molecule has 0 radical (unpaired) electrons. The van der Waals surface area contributed by atoms with Crippen LogP contribution in [0.25, 0.3) is 0 Å². The lowest BCUT2D eigenvalue weighted by molar-refractivity contribution is -0.385. The molecule has 10 nitrogen and oxygen atoms in total. The Balaban J connectivity index is 1.46. The van der Waals surface area contributed by atoms with Crippen molar-refractivity contribution in [1.29, 1.82) is 0 Å². The molecule has 2 amide bonds. The second-order valence-corrected chi connectivity index (χ2v) is 10.2. The van der Waals surface area contributed by atoms with Gasteiger partial charge >= 0.3 is 0 Å². The average molecular weight is 565 g/mol. The Labute approximate surface area is 242 Å². The Bertz CT molecular complexity index is 1620. The van der Waals surface area contributed by atoms with E-state index < -0.39 is 9.85 Å². The maximum Gasteiger partial charge on any atom is 0.269 e. The quantitative estimate of drug-likeness (QED) is 0.186. The predicted octanol–water partition coefficient (Wildman–Crippen LogP) is 6.19. The van der Waals surface area contributed by atoms with E-state index in [1.54, 1.807) is 34.1 Å². The molecule has 1 aliphatic rings. The number of carbonyl (C=O) groups is 2. The number of fused-ring (bicyclic) bond motifs is 1. The van der Waals surface area contributed by atoms with Gasteiger partial charge in [-0.25, -0.2) is 0 Å². The van der Waals surface area contributed by atoms with Gasteiger partial charge in [0.05, 0.1) is 28.7 Å². The van der Waals surface area contributed by atoms with Crippen molar-refractivity contribution in [1.82, 2.24) is 0 Å². The lowest BCUT2D eigenvalue weighted by Gasteiger charge is -2.43. The summed E-state index contributed by atoms with van der Waals surface area (Å²) in [6.07, 6.45) is 0.593. The van der Waals surface area contributed by atoms with Gasteiger partial charge in [-0.1, -0.05) is 60.7 Å². The van der Waals surface area contributed by atoms with Crippen molar-refractivity contribution >= 4 is 34.6 Å². The largest absolute Gasteiger partial charge is 0.309 e. The Kier molecular flexibility index (Phi) is 8.05. The normalized spacial score (nSPS) is 15.9. The molecule has 0 aromatic heterocycles. The number of nitro benzene ring substituents is 2. The van der Waals surface area contributed by atoms with Crippen LogP contribution < -0.4 is 9.80 Å². The third-order valence-corrected chi connectivity index (χ3v) is 7.45. The molecule has 212 valence electrons. The summed E-state index contributed by atoms with van der Waals surface area (Å²) in [6, 6.07) is 28.2. The Hall–Kier alpha value is -5.38. The van der Waals surface area contributed by atoms with E-state index in [4.69, 9.17) is 0 Å². The molecule has 2 atom stereocenters. The van der Waals surface area contributed by atoms with E-state index >= 15 is 0 Å². The lowest BCUT2D eigenvalue weighted by Crippen LogP contribution is -2.48. The molecule has 10 heteroatoms. The minimum Gasteiger partial charge on any atom is -0.309 e. The van der Waals surface area contributed by atoms with E-state index in [1.165, 1.54) is 24.3 Å². The molecule has 4 aromatic carbocycles. The molecule has 0 N–H and O–H groups in total. The van der Waals surface area contributed by atoms with Crippen molar-refractivity contribution < 1.29 is 19.4 Å². The monoisotopic (exact) mass is 564 g/mol. The van der Waals surface area contributed by atoms with Crippen LogP contribution in [0.2, 0.25) is 0 Å². The van der Waals surface area contributed by atoms with E-state index in [1.807, 2.05) is 61.5 Å². The van der Waals surface area contributed by atoms with Gasteiger partial charge in [0, 0.05) is 41.7 Å². The highest BCUT2D eigenvalue weighted by molar-refractivity contribution is 5.99. The lowest BCUT2D eigenvalue weighted by atomic mass is 9.89. The fourth-order valence-electron chi connectivity index (χ4n) is 5.48. The zero-order chi connectivity index (χ0) is 29.8. The number of hydrogen-bond acceptors (Lipinski definition) is 6. The molecular weight excluding hydrogens is 536 g/mol. The molecular formula is C32H28N4O6. The fraction of sp³-hybridized carbons (Fsp3) is 0.188. The molecule has 42 heavy (non-hydrogen) atoms. The number of amides is 2. The average Bonchev–Trinajstić information content (AvgIpc) is 2.98. The van der Waals surface area contributed by atoms with E-state index in [-0.39, 0.29) is 48.1 Å². The molecule has 4 aromatic rings. The number of anilines is 2.